The van der Waals surface area contributed by atoms with E-state index >= 15 is 0 Å². The molecule has 0 saturated heterocycles. The Kier molecular flexibility index (Phi) is 7.78. The Balaban J connectivity index is 1.69. The first-order valence-corrected chi connectivity index (χ1v) is 12.4. The Morgan fingerprint density at radius 1 is 0.941 bits per heavy atom. The number of rotatable bonds is 13. The van der Waals surface area contributed by atoms with Crippen molar-refractivity contribution in [2.24, 2.45) is 0 Å². The van der Waals surface area contributed by atoms with Crippen LogP contribution in [0.1, 0.15) is 12.8 Å². The summed E-state index contributed by atoms with van der Waals surface area (Å²) in [6.45, 7) is 1.50. The molecule has 3 aromatic rings. The standard InChI is InChI=1S/C23H28N4O6S/c1-30-9-11-32-20-13-17-19(14-21(20)33-12-10-31-2)24-15-25-23(17)26-18-5-3-4-6-22(18)34(28,29)27-16-7-8-16/h3-6,13-16,27H,7-12H2,1-2H3,(H,24,25,26). The number of fused-ring (bicyclic) bond motifs is 1. The highest BCUT2D eigenvalue weighted by Crippen LogP contribution is 2.36. The quantitative estimate of drug-likeness (QED) is 0.350. The maximum Gasteiger partial charge on any atom is 0.242 e. The number of anilines is 2. The van der Waals surface area contributed by atoms with Crippen molar-refractivity contribution in [2.75, 3.05) is 46.0 Å². The van der Waals surface area contributed by atoms with Gasteiger partial charge in [0.2, 0.25) is 10.0 Å². The fourth-order valence-electron chi connectivity index (χ4n) is 3.28. The molecule has 1 saturated carbocycles. The predicted molar refractivity (Wildman–Crippen MR) is 127 cm³/mol. The Morgan fingerprint density at radius 2 is 1.62 bits per heavy atom. The number of hydrogen-bond acceptors (Lipinski definition) is 9. The topological polar surface area (TPSA) is 121 Å². The number of methoxy groups -OCH3 is 2. The summed E-state index contributed by atoms with van der Waals surface area (Å²) in [5.74, 6) is 1.45. The van der Waals surface area contributed by atoms with Crippen LogP contribution in [-0.2, 0) is 19.5 Å². The highest BCUT2D eigenvalue weighted by Gasteiger charge is 2.29. The summed E-state index contributed by atoms with van der Waals surface area (Å²) in [4.78, 5) is 8.88. The zero-order valence-electron chi connectivity index (χ0n) is 19.1. The normalized spacial score (nSPS) is 13.7. The Hall–Kier alpha value is -2.99. The van der Waals surface area contributed by atoms with Crippen molar-refractivity contribution in [1.29, 1.82) is 0 Å². The van der Waals surface area contributed by atoms with Crippen molar-refractivity contribution in [2.45, 2.75) is 23.8 Å². The maximum atomic E-state index is 12.9. The molecule has 10 nitrogen and oxygen atoms in total. The smallest absolute Gasteiger partial charge is 0.242 e. The summed E-state index contributed by atoms with van der Waals surface area (Å²) in [6.07, 6.45) is 3.12. The SMILES string of the molecule is COCCOc1cc2ncnc(Nc3ccccc3S(=O)(=O)NC3CC3)c2cc1OCCOC. The van der Waals surface area contributed by atoms with Gasteiger partial charge in [-0.2, -0.15) is 0 Å². The van der Waals surface area contributed by atoms with E-state index in [9.17, 15) is 8.42 Å². The van der Waals surface area contributed by atoms with E-state index in [1.165, 1.54) is 6.33 Å². The molecule has 0 radical (unpaired) electrons. The van der Waals surface area contributed by atoms with Crippen LogP contribution in [0, 0.1) is 0 Å². The van der Waals surface area contributed by atoms with E-state index in [0.29, 0.717) is 60.3 Å². The van der Waals surface area contributed by atoms with E-state index in [1.807, 2.05) is 0 Å². The second-order valence-electron chi connectivity index (χ2n) is 7.74. The van der Waals surface area contributed by atoms with Gasteiger partial charge in [0.1, 0.15) is 30.3 Å². The third-order valence-electron chi connectivity index (χ3n) is 5.12. The van der Waals surface area contributed by atoms with Crippen molar-refractivity contribution >= 4 is 32.4 Å². The predicted octanol–water partition coefficient (Wildman–Crippen LogP) is 2.86. The monoisotopic (exact) mass is 488 g/mol. The van der Waals surface area contributed by atoms with Crippen LogP contribution in [0.4, 0.5) is 11.5 Å². The first kappa shape index (κ1) is 24.1. The third-order valence-corrected chi connectivity index (χ3v) is 6.70. The summed E-state index contributed by atoms with van der Waals surface area (Å²) in [7, 11) is -0.473. The first-order chi connectivity index (χ1) is 16.5. The fourth-order valence-corrected chi connectivity index (χ4v) is 4.74. The van der Waals surface area contributed by atoms with Gasteiger partial charge in [-0.1, -0.05) is 12.1 Å². The van der Waals surface area contributed by atoms with Gasteiger partial charge < -0.3 is 24.3 Å². The van der Waals surface area contributed by atoms with Crippen LogP contribution in [-0.4, -0.2) is 65.1 Å². The minimum absolute atomic E-state index is 0.00118. The maximum absolute atomic E-state index is 12.9. The van der Waals surface area contributed by atoms with Gasteiger partial charge in [-0.25, -0.2) is 23.1 Å². The van der Waals surface area contributed by atoms with E-state index < -0.39 is 10.0 Å². The fraction of sp³-hybridized carbons (Fsp3) is 0.391. The Bertz CT molecular complexity index is 1230. The van der Waals surface area contributed by atoms with E-state index in [2.05, 4.69) is 20.0 Å². The summed E-state index contributed by atoms with van der Waals surface area (Å²) in [5.41, 5.74) is 1.03. The van der Waals surface area contributed by atoms with Crippen molar-refractivity contribution in [3.8, 4) is 11.5 Å². The molecule has 1 aliphatic carbocycles. The number of nitrogens with zero attached hydrogens (tertiary/aromatic N) is 2. The van der Waals surface area contributed by atoms with Crippen molar-refractivity contribution in [3.63, 3.8) is 0 Å². The van der Waals surface area contributed by atoms with Gasteiger partial charge in [-0.05, 0) is 31.0 Å². The summed E-state index contributed by atoms with van der Waals surface area (Å²) in [6, 6.07) is 10.3. The first-order valence-electron chi connectivity index (χ1n) is 10.9. The lowest BCUT2D eigenvalue weighted by molar-refractivity contribution is 0.132. The van der Waals surface area contributed by atoms with Gasteiger partial charge in [0.25, 0.3) is 0 Å². The zero-order valence-corrected chi connectivity index (χ0v) is 19.9. The lowest BCUT2D eigenvalue weighted by Gasteiger charge is -2.16. The van der Waals surface area contributed by atoms with Gasteiger partial charge in [0.05, 0.1) is 24.4 Å². The van der Waals surface area contributed by atoms with Crippen molar-refractivity contribution in [3.05, 3.63) is 42.7 Å². The van der Waals surface area contributed by atoms with Crippen LogP contribution in [0.3, 0.4) is 0 Å². The molecule has 1 heterocycles. The van der Waals surface area contributed by atoms with E-state index in [0.717, 1.165) is 12.8 Å². The molecule has 4 rings (SSSR count). The van der Waals surface area contributed by atoms with E-state index in [1.54, 1.807) is 50.6 Å². The second-order valence-corrected chi connectivity index (χ2v) is 9.42. The van der Waals surface area contributed by atoms with Crippen LogP contribution in [0.25, 0.3) is 10.9 Å². The molecule has 1 aliphatic rings. The molecule has 0 aliphatic heterocycles. The Labute approximate surface area is 198 Å². The number of para-hydroxylation sites is 1. The molecule has 0 spiro atoms. The highest BCUT2D eigenvalue weighted by molar-refractivity contribution is 7.89. The summed E-state index contributed by atoms with van der Waals surface area (Å²) in [5, 5.41) is 3.82. The number of ether oxygens (including phenoxy) is 4. The summed E-state index contributed by atoms with van der Waals surface area (Å²) >= 11 is 0. The molecule has 182 valence electrons. The lowest BCUT2D eigenvalue weighted by atomic mass is 10.2. The minimum Gasteiger partial charge on any atom is -0.487 e. The zero-order chi connectivity index (χ0) is 24.0. The molecule has 34 heavy (non-hydrogen) atoms. The van der Waals surface area contributed by atoms with Crippen molar-refractivity contribution < 1.29 is 27.4 Å². The average molecular weight is 489 g/mol. The number of nitrogens with one attached hydrogen (secondary N) is 2. The van der Waals surface area contributed by atoms with Gasteiger partial charge in [0.15, 0.2) is 11.5 Å². The third kappa shape index (κ3) is 5.92. The molecule has 0 unspecified atom stereocenters. The van der Waals surface area contributed by atoms with E-state index in [-0.39, 0.29) is 10.9 Å². The molecule has 0 amide bonds. The van der Waals surface area contributed by atoms with Crippen molar-refractivity contribution in [1.82, 2.24) is 14.7 Å². The van der Waals surface area contributed by atoms with E-state index in [4.69, 9.17) is 18.9 Å². The van der Waals surface area contributed by atoms with Crippen LogP contribution in [0.2, 0.25) is 0 Å². The summed E-state index contributed by atoms with van der Waals surface area (Å²) < 4.78 is 50.3. The molecular weight excluding hydrogens is 460 g/mol. The second kappa shape index (κ2) is 11.0. The van der Waals surface area contributed by atoms with Gasteiger partial charge >= 0.3 is 0 Å². The molecule has 2 aromatic carbocycles. The molecular formula is C23H28N4O6S. The largest absolute Gasteiger partial charge is 0.487 e. The highest BCUT2D eigenvalue weighted by atomic mass is 32.2. The molecule has 11 heteroatoms. The van der Waals surface area contributed by atoms with Gasteiger partial charge in [0, 0.05) is 31.7 Å². The van der Waals surface area contributed by atoms with Crippen LogP contribution in [0.5, 0.6) is 11.5 Å². The average Bonchev–Trinajstić information content (AvgIpc) is 3.63. The van der Waals surface area contributed by atoms with Gasteiger partial charge in [-0.3, -0.25) is 0 Å². The molecule has 1 fully saturated rings. The molecule has 0 atom stereocenters. The molecule has 2 N–H and O–H groups in total. The number of hydrogen-bond donors (Lipinski definition) is 2. The van der Waals surface area contributed by atoms with Gasteiger partial charge in [-0.15, -0.1) is 0 Å². The molecule has 1 aromatic heterocycles. The van der Waals surface area contributed by atoms with Crippen LogP contribution >= 0.6 is 0 Å². The minimum atomic E-state index is -3.67. The number of benzene rings is 2. The van der Waals surface area contributed by atoms with Crippen LogP contribution in [0.15, 0.2) is 47.6 Å². The number of sulfonamides is 1. The number of aromatic nitrogens is 2. The lowest BCUT2D eigenvalue weighted by Crippen LogP contribution is -2.26. The van der Waals surface area contributed by atoms with Crippen LogP contribution < -0.4 is 19.5 Å². The molecule has 0 bridgehead atoms. The Morgan fingerprint density at radius 3 is 2.29 bits per heavy atom.